The highest BCUT2D eigenvalue weighted by molar-refractivity contribution is 9.10. The second-order valence-corrected chi connectivity index (χ2v) is 6.10. The Hall–Kier alpha value is -2.17. The smallest absolute Gasteiger partial charge is 0.290 e. The number of benzene rings is 2. The van der Waals surface area contributed by atoms with Crippen LogP contribution in [0.15, 0.2) is 83.6 Å². The minimum atomic E-state index is -0.0532. The minimum absolute atomic E-state index is 0. The summed E-state index contributed by atoms with van der Waals surface area (Å²) in [5, 5.41) is 2.90. The van der Waals surface area contributed by atoms with E-state index in [4.69, 9.17) is 0 Å². The van der Waals surface area contributed by atoms with Crippen LogP contribution < -0.4 is 22.3 Å². The van der Waals surface area contributed by atoms with Crippen LogP contribution >= 0.6 is 15.9 Å². The zero-order valence-corrected chi connectivity index (χ0v) is 15.2. The maximum atomic E-state index is 12.2. The van der Waals surface area contributed by atoms with Crippen LogP contribution in [0.4, 0.5) is 5.69 Å². The van der Waals surface area contributed by atoms with Crippen LogP contribution in [0.5, 0.6) is 0 Å². The first-order chi connectivity index (χ1) is 11.2. The monoisotopic (exact) mass is 402 g/mol. The van der Waals surface area contributed by atoms with E-state index in [2.05, 4.69) is 33.4 Å². The Balaban J connectivity index is 0.00000208. The average molecular weight is 404 g/mol. The van der Waals surface area contributed by atoms with Gasteiger partial charge in [0, 0.05) is 21.8 Å². The lowest BCUT2D eigenvalue weighted by atomic mass is 10.1. The highest BCUT2D eigenvalue weighted by atomic mass is 79.9. The maximum absolute atomic E-state index is 12.2. The Morgan fingerprint density at radius 2 is 1.58 bits per heavy atom. The standard InChI is InChI=1S/C19H15BrN2O.ClH/c20-17-8-10-18(11-9-17)21-19(23)14-22-12-4-7-16(13-22)15-5-2-1-3-6-15;/h1-13H,14H2;1H. The summed E-state index contributed by atoms with van der Waals surface area (Å²) in [5.74, 6) is -0.0532. The summed E-state index contributed by atoms with van der Waals surface area (Å²) in [5.41, 5.74) is 3.01. The number of carbonyl (C=O) groups excluding carboxylic acids is 1. The summed E-state index contributed by atoms with van der Waals surface area (Å²) in [7, 11) is 0. The Labute approximate surface area is 155 Å². The Morgan fingerprint density at radius 3 is 2.29 bits per heavy atom. The van der Waals surface area contributed by atoms with Crippen molar-refractivity contribution in [3.8, 4) is 11.1 Å². The van der Waals surface area contributed by atoms with Crippen molar-refractivity contribution in [2.24, 2.45) is 0 Å². The van der Waals surface area contributed by atoms with Crippen molar-refractivity contribution in [3.05, 3.63) is 83.6 Å². The van der Waals surface area contributed by atoms with Gasteiger partial charge in [-0.05, 0) is 35.9 Å². The zero-order valence-electron chi connectivity index (χ0n) is 12.8. The molecule has 1 aromatic heterocycles. The molecule has 1 amide bonds. The van der Waals surface area contributed by atoms with Crippen LogP contribution in [-0.2, 0) is 11.3 Å². The number of nitrogens with zero attached hydrogens (tertiary/aromatic N) is 1. The fourth-order valence-corrected chi connectivity index (χ4v) is 2.59. The molecule has 0 saturated heterocycles. The summed E-state index contributed by atoms with van der Waals surface area (Å²) < 4.78 is 2.87. The molecule has 0 fully saturated rings. The number of rotatable bonds is 4. The van der Waals surface area contributed by atoms with E-state index in [0.717, 1.165) is 21.3 Å². The molecule has 0 bridgehead atoms. The quantitative estimate of drug-likeness (QED) is 0.649. The Bertz CT molecular complexity index is 807. The van der Waals surface area contributed by atoms with Crippen molar-refractivity contribution in [2.75, 3.05) is 5.32 Å². The molecule has 1 N–H and O–H groups in total. The second kappa shape index (κ2) is 8.62. The molecular formula is C19H16BrClN2O. The number of amides is 1. The lowest BCUT2D eigenvalue weighted by Gasteiger charge is -2.04. The van der Waals surface area contributed by atoms with E-state index in [0.29, 0.717) is 0 Å². The van der Waals surface area contributed by atoms with Gasteiger partial charge in [0.25, 0.3) is 5.91 Å². The summed E-state index contributed by atoms with van der Waals surface area (Å²) >= 11 is 3.38. The number of hydrogen-bond acceptors (Lipinski definition) is 1. The van der Waals surface area contributed by atoms with Gasteiger partial charge in [0.05, 0.1) is 0 Å². The van der Waals surface area contributed by atoms with Crippen molar-refractivity contribution < 1.29 is 21.8 Å². The third-order valence-electron chi connectivity index (χ3n) is 3.42. The first kappa shape index (κ1) is 18.2. The normalized spacial score (nSPS) is 9.88. The highest BCUT2D eigenvalue weighted by Crippen LogP contribution is 2.16. The van der Waals surface area contributed by atoms with E-state index in [-0.39, 0.29) is 24.9 Å². The number of carbonyl (C=O) groups is 1. The summed E-state index contributed by atoms with van der Waals surface area (Å²) in [6.45, 7) is 0.275. The van der Waals surface area contributed by atoms with Crippen LogP contribution in [0, 0.1) is 0 Å². The molecule has 5 heteroatoms. The van der Waals surface area contributed by atoms with Crippen LogP contribution in [0.3, 0.4) is 0 Å². The van der Waals surface area contributed by atoms with Gasteiger partial charge in [0.1, 0.15) is 0 Å². The van der Waals surface area contributed by atoms with E-state index >= 15 is 0 Å². The molecule has 0 saturated carbocycles. The van der Waals surface area contributed by atoms with Gasteiger partial charge >= 0.3 is 0 Å². The SMILES string of the molecule is O=C(C[n+]1cccc(-c2ccccc2)c1)Nc1ccc(Br)cc1.[Cl-]. The number of halogens is 2. The predicted molar refractivity (Wildman–Crippen MR) is 94.8 cm³/mol. The first-order valence-corrected chi connectivity index (χ1v) is 8.10. The zero-order chi connectivity index (χ0) is 16.1. The van der Waals surface area contributed by atoms with Crippen molar-refractivity contribution in [1.29, 1.82) is 0 Å². The van der Waals surface area contributed by atoms with Gasteiger partial charge < -0.3 is 17.7 Å². The van der Waals surface area contributed by atoms with E-state index < -0.39 is 0 Å². The maximum Gasteiger partial charge on any atom is 0.290 e. The number of hydrogen-bond donors (Lipinski definition) is 1. The van der Waals surface area contributed by atoms with Crippen molar-refractivity contribution in [1.82, 2.24) is 0 Å². The summed E-state index contributed by atoms with van der Waals surface area (Å²) in [6.07, 6.45) is 3.88. The van der Waals surface area contributed by atoms with Gasteiger partial charge in [-0.25, -0.2) is 0 Å². The van der Waals surface area contributed by atoms with E-state index in [1.165, 1.54) is 0 Å². The molecule has 24 heavy (non-hydrogen) atoms. The van der Waals surface area contributed by atoms with Crippen LogP contribution in [0.2, 0.25) is 0 Å². The molecule has 0 radical (unpaired) electrons. The predicted octanol–water partition coefficient (Wildman–Crippen LogP) is 1.05. The first-order valence-electron chi connectivity index (χ1n) is 7.31. The van der Waals surface area contributed by atoms with E-state index in [9.17, 15) is 4.79 Å². The number of nitrogens with one attached hydrogen (secondary N) is 1. The number of pyridine rings is 1. The van der Waals surface area contributed by atoms with Crippen molar-refractivity contribution in [3.63, 3.8) is 0 Å². The molecule has 2 aromatic carbocycles. The molecular weight excluding hydrogens is 388 g/mol. The fraction of sp³-hybridized carbons (Fsp3) is 0.0526. The van der Waals surface area contributed by atoms with Gasteiger partial charge in [-0.1, -0.05) is 46.3 Å². The molecule has 3 rings (SSSR count). The Morgan fingerprint density at radius 1 is 0.917 bits per heavy atom. The largest absolute Gasteiger partial charge is 1.00 e. The second-order valence-electron chi connectivity index (χ2n) is 5.19. The fourth-order valence-electron chi connectivity index (χ4n) is 2.32. The van der Waals surface area contributed by atoms with Gasteiger partial charge in [-0.3, -0.25) is 4.79 Å². The van der Waals surface area contributed by atoms with Gasteiger partial charge in [-0.2, -0.15) is 4.57 Å². The molecule has 0 aliphatic carbocycles. The van der Waals surface area contributed by atoms with Crippen molar-refractivity contribution in [2.45, 2.75) is 6.54 Å². The van der Waals surface area contributed by atoms with E-state index in [1.807, 2.05) is 71.6 Å². The molecule has 0 aliphatic rings. The van der Waals surface area contributed by atoms with Crippen LogP contribution in [0.25, 0.3) is 11.1 Å². The average Bonchev–Trinajstić information content (AvgIpc) is 2.58. The lowest BCUT2D eigenvalue weighted by molar-refractivity contribution is -0.683. The third kappa shape index (κ3) is 4.91. The minimum Gasteiger partial charge on any atom is -1.00 e. The van der Waals surface area contributed by atoms with Crippen LogP contribution in [-0.4, -0.2) is 5.91 Å². The van der Waals surface area contributed by atoms with Gasteiger partial charge in [0.2, 0.25) is 6.54 Å². The third-order valence-corrected chi connectivity index (χ3v) is 3.95. The molecule has 122 valence electrons. The molecule has 0 spiro atoms. The lowest BCUT2D eigenvalue weighted by Crippen LogP contribution is -3.00. The molecule has 3 aromatic rings. The van der Waals surface area contributed by atoms with Crippen LogP contribution in [0.1, 0.15) is 0 Å². The number of anilines is 1. The molecule has 0 atom stereocenters. The van der Waals surface area contributed by atoms with Crippen molar-refractivity contribution >= 4 is 27.5 Å². The Kier molecular flexibility index (Phi) is 6.53. The van der Waals surface area contributed by atoms with Gasteiger partial charge in [-0.15, -0.1) is 0 Å². The topological polar surface area (TPSA) is 33.0 Å². The molecule has 3 nitrogen and oxygen atoms in total. The molecule has 0 aliphatic heterocycles. The number of aromatic nitrogens is 1. The summed E-state index contributed by atoms with van der Waals surface area (Å²) in [4.78, 5) is 12.2. The molecule has 1 heterocycles. The van der Waals surface area contributed by atoms with E-state index in [1.54, 1.807) is 0 Å². The van der Waals surface area contributed by atoms with Gasteiger partial charge in [0.15, 0.2) is 12.4 Å². The highest BCUT2D eigenvalue weighted by Gasteiger charge is 2.11. The summed E-state index contributed by atoms with van der Waals surface area (Å²) in [6, 6.07) is 21.7. The molecule has 0 unspecified atom stereocenters.